The van der Waals surface area contributed by atoms with Crippen molar-refractivity contribution >= 4 is 27.4 Å². The van der Waals surface area contributed by atoms with Crippen molar-refractivity contribution in [2.24, 2.45) is 0 Å². The first-order valence-corrected chi connectivity index (χ1v) is 9.30. The zero-order valence-electron chi connectivity index (χ0n) is 11.5. The molecule has 0 radical (unpaired) electrons. The summed E-state index contributed by atoms with van der Waals surface area (Å²) in [6.45, 7) is 4.09. The highest BCUT2D eigenvalue weighted by Crippen LogP contribution is 2.28. The fourth-order valence-electron chi connectivity index (χ4n) is 2.16. The molecule has 0 bridgehead atoms. The number of aryl methyl sites for hydroxylation is 1. The van der Waals surface area contributed by atoms with Crippen molar-refractivity contribution in [2.75, 3.05) is 28.7 Å². The zero-order chi connectivity index (χ0) is 14.8. The van der Waals surface area contributed by atoms with Gasteiger partial charge in [-0.15, -0.1) is 0 Å². The number of hydrogen-bond donors (Lipinski definition) is 0. The molecule has 0 N–H and O–H groups in total. The first-order chi connectivity index (χ1) is 9.49. The normalized spacial score (nSPS) is 19.6. The Morgan fingerprint density at radius 1 is 1.55 bits per heavy atom. The van der Waals surface area contributed by atoms with Crippen LogP contribution in [-0.2, 0) is 9.84 Å². The smallest absolute Gasteiger partial charge is 0.171 e. The van der Waals surface area contributed by atoms with Crippen LogP contribution in [0.15, 0.2) is 12.1 Å². The Balaban J connectivity index is 2.49. The average Bonchev–Trinajstić information content (AvgIpc) is 2.47. The van der Waals surface area contributed by atoms with Crippen LogP contribution in [0, 0.1) is 18.3 Å². The summed E-state index contributed by atoms with van der Waals surface area (Å²) in [5.74, 6) is 1.96. The lowest BCUT2D eigenvalue weighted by Gasteiger charge is -2.36. The van der Waals surface area contributed by atoms with E-state index in [9.17, 15) is 13.7 Å². The zero-order valence-corrected chi connectivity index (χ0v) is 13.2. The van der Waals surface area contributed by atoms with Gasteiger partial charge in [-0.1, -0.05) is 6.92 Å². The Morgan fingerprint density at radius 3 is 2.95 bits per heavy atom. The molecule has 1 fully saturated rings. The van der Waals surface area contributed by atoms with Crippen molar-refractivity contribution < 1.29 is 8.42 Å². The Kier molecular flexibility index (Phi) is 4.55. The molecule has 1 atom stereocenters. The SMILES string of the molecule is CCS(=O)(=O)C1CSCCN1c1nc(C)ccc1C#N. The summed E-state index contributed by atoms with van der Waals surface area (Å²) >= 11 is 1.63. The minimum Gasteiger partial charge on any atom is -0.337 e. The topological polar surface area (TPSA) is 74.1 Å². The molecule has 2 rings (SSSR count). The first kappa shape index (κ1) is 15.1. The van der Waals surface area contributed by atoms with E-state index in [1.54, 1.807) is 35.7 Å². The molecule has 108 valence electrons. The van der Waals surface area contributed by atoms with E-state index in [4.69, 9.17) is 0 Å². The van der Waals surface area contributed by atoms with Crippen LogP contribution < -0.4 is 4.90 Å². The van der Waals surface area contributed by atoms with Crippen LogP contribution in [0.5, 0.6) is 0 Å². The number of nitrogens with zero attached hydrogens (tertiary/aromatic N) is 3. The molecule has 0 spiro atoms. The van der Waals surface area contributed by atoms with Crippen LogP contribution in [0.1, 0.15) is 18.2 Å². The van der Waals surface area contributed by atoms with E-state index in [1.807, 2.05) is 6.92 Å². The van der Waals surface area contributed by atoms with E-state index in [0.717, 1.165) is 11.4 Å². The molecule has 0 aliphatic carbocycles. The van der Waals surface area contributed by atoms with Crippen molar-refractivity contribution in [3.05, 3.63) is 23.4 Å². The maximum absolute atomic E-state index is 12.3. The maximum atomic E-state index is 12.3. The third kappa shape index (κ3) is 2.91. The number of rotatable bonds is 3. The van der Waals surface area contributed by atoms with Gasteiger partial charge in [0.05, 0.1) is 5.56 Å². The van der Waals surface area contributed by atoms with E-state index in [-0.39, 0.29) is 5.75 Å². The summed E-state index contributed by atoms with van der Waals surface area (Å²) in [5.41, 5.74) is 1.21. The molecule has 1 aliphatic rings. The average molecular weight is 311 g/mol. The van der Waals surface area contributed by atoms with Crippen molar-refractivity contribution in [1.82, 2.24) is 4.98 Å². The van der Waals surface area contributed by atoms with Gasteiger partial charge in [0.2, 0.25) is 0 Å². The highest BCUT2D eigenvalue weighted by atomic mass is 32.2. The van der Waals surface area contributed by atoms with E-state index in [1.165, 1.54) is 0 Å². The Hall–Kier alpha value is -1.26. The molecule has 1 aromatic rings. The molecule has 5 nitrogen and oxygen atoms in total. The lowest BCUT2D eigenvalue weighted by atomic mass is 10.2. The number of anilines is 1. The standard InChI is InChI=1S/C13H17N3O2S2/c1-3-20(17,18)12-9-19-7-6-16(12)13-11(8-14)5-4-10(2)15-13/h4-5,12H,3,6-7,9H2,1-2H3. The number of thioether (sulfide) groups is 1. The van der Waals surface area contributed by atoms with Crippen molar-refractivity contribution in [3.63, 3.8) is 0 Å². The molecule has 7 heteroatoms. The lowest BCUT2D eigenvalue weighted by Crippen LogP contribution is -2.48. The van der Waals surface area contributed by atoms with Crippen molar-refractivity contribution in [3.8, 4) is 6.07 Å². The summed E-state index contributed by atoms with van der Waals surface area (Å²) in [4.78, 5) is 6.17. The fraction of sp³-hybridized carbons (Fsp3) is 0.538. The third-order valence-electron chi connectivity index (χ3n) is 3.31. The summed E-state index contributed by atoms with van der Waals surface area (Å²) in [6.07, 6.45) is 0. The Morgan fingerprint density at radius 2 is 2.30 bits per heavy atom. The summed E-state index contributed by atoms with van der Waals surface area (Å²) in [7, 11) is -3.20. The van der Waals surface area contributed by atoms with E-state index in [2.05, 4.69) is 11.1 Å². The molecular formula is C13H17N3O2S2. The van der Waals surface area contributed by atoms with E-state index >= 15 is 0 Å². The van der Waals surface area contributed by atoms with Gasteiger partial charge in [-0.2, -0.15) is 17.0 Å². The van der Waals surface area contributed by atoms with Gasteiger partial charge in [-0.3, -0.25) is 0 Å². The highest BCUT2D eigenvalue weighted by molar-refractivity contribution is 8.01. The van der Waals surface area contributed by atoms with Crippen LogP contribution in [-0.4, -0.2) is 42.6 Å². The van der Waals surface area contributed by atoms with Gasteiger partial charge >= 0.3 is 0 Å². The molecule has 0 saturated carbocycles. The first-order valence-electron chi connectivity index (χ1n) is 6.43. The van der Waals surface area contributed by atoms with Crippen LogP contribution in [0.3, 0.4) is 0 Å². The van der Waals surface area contributed by atoms with Crippen LogP contribution >= 0.6 is 11.8 Å². The highest BCUT2D eigenvalue weighted by Gasteiger charge is 2.34. The second-order valence-corrected chi connectivity index (χ2v) is 8.21. The molecule has 1 saturated heterocycles. The monoisotopic (exact) mass is 311 g/mol. The van der Waals surface area contributed by atoms with Crippen LogP contribution in [0.4, 0.5) is 5.82 Å². The van der Waals surface area contributed by atoms with Crippen molar-refractivity contribution in [2.45, 2.75) is 19.2 Å². The summed E-state index contributed by atoms with van der Waals surface area (Å²) in [5, 5.41) is 8.62. The van der Waals surface area contributed by atoms with Crippen LogP contribution in [0.25, 0.3) is 0 Å². The predicted molar refractivity (Wildman–Crippen MR) is 81.6 cm³/mol. The largest absolute Gasteiger partial charge is 0.337 e. The Labute approximate surface area is 123 Å². The van der Waals surface area contributed by atoms with Crippen molar-refractivity contribution in [1.29, 1.82) is 5.26 Å². The molecule has 0 aromatic carbocycles. The predicted octanol–water partition coefficient (Wildman–Crippen LogP) is 1.58. The second kappa shape index (κ2) is 6.02. The lowest BCUT2D eigenvalue weighted by molar-refractivity contribution is 0.578. The summed E-state index contributed by atoms with van der Waals surface area (Å²) in [6, 6.07) is 5.58. The number of aromatic nitrogens is 1. The minimum absolute atomic E-state index is 0.0996. The van der Waals surface area contributed by atoms with Gasteiger partial charge in [-0.25, -0.2) is 13.4 Å². The molecule has 1 aliphatic heterocycles. The minimum atomic E-state index is -3.20. The number of pyridine rings is 1. The second-order valence-electron chi connectivity index (χ2n) is 4.61. The molecule has 0 amide bonds. The van der Waals surface area contributed by atoms with E-state index in [0.29, 0.717) is 23.7 Å². The van der Waals surface area contributed by atoms with Gasteiger partial charge in [0.25, 0.3) is 0 Å². The van der Waals surface area contributed by atoms with Gasteiger partial charge in [-0.05, 0) is 19.1 Å². The van der Waals surface area contributed by atoms with Crippen LogP contribution in [0.2, 0.25) is 0 Å². The quantitative estimate of drug-likeness (QED) is 0.843. The Bertz CT molecular complexity index is 638. The van der Waals surface area contributed by atoms with Gasteiger partial charge < -0.3 is 4.90 Å². The summed E-state index contributed by atoms with van der Waals surface area (Å²) < 4.78 is 24.5. The van der Waals surface area contributed by atoms with Gasteiger partial charge in [0, 0.05) is 29.5 Å². The molecular weight excluding hydrogens is 294 g/mol. The molecule has 1 aromatic heterocycles. The van der Waals surface area contributed by atoms with Gasteiger partial charge in [0.1, 0.15) is 17.3 Å². The van der Waals surface area contributed by atoms with E-state index < -0.39 is 15.2 Å². The number of sulfone groups is 1. The van der Waals surface area contributed by atoms with Gasteiger partial charge in [0.15, 0.2) is 9.84 Å². The number of nitriles is 1. The molecule has 2 heterocycles. The third-order valence-corrected chi connectivity index (χ3v) is 6.60. The number of hydrogen-bond acceptors (Lipinski definition) is 6. The molecule has 1 unspecified atom stereocenters. The molecule has 20 heavy (non-hydrogen) atoms. The fourth-order valence-corrected chi connectivity index (χ4v) is 5.13. The maximum Gasteiger partial charge on any atom is 0.171 e.